The van der Waals surface area contributed by atoms with Crippen molar-refractivity contribution in [1.82, 2.24) is 10.3 Å². The lowest BCUT2D eigenvalue weighted by Gasteiger charge is -2.11. The van der Waals surface area contributed by atoms with E-state index in [0.29, 0.717) is 10.9 Å². The molecule has 1 heterocycles. The molecule has 0 fully saturated rings. The summed E-state index contributed by atoms with van der Waals surface area (Å²) in [7, 11) is 0. The number of primary amides is 1. The maximum absolute atomic E-state index is 13.5. The molecule has 1 aromatic carbocycles. The SMILES string of the molecule is C[C@H](NC(=O)c1cc(F)cc2cccnc12)C(N)=O. The number of nitrogens with two attached hydrogens (primary N) is 1. The molecule has 5 nitrogen and oxygen atoms in total. The molecule has 0 saturated heterocycles. The molecule has 2 aromatic rings. The van der Waals surface area contributed by atoms with E-state index >= 15 is 0 Å². The van der Waals surface area contributed by atoms with Crippen molar-refractivity contribution in [3.05, 3.63) is 41.8 Å². The second-order valence-corrected chi connectivity index (χ2v) is 4.13. The minimum Gasteiger partial charge on any atom is -0.368 e. The number of carbonyl (C=O) groups is 2. The van der Waals surface area contributed by atoms with Gasteiger partial charge in [0.2, 0.25) is 5.91 Å². The zero-order chi connectivity index (χ0) is 14.0. The van der Waals surface area contributed by atoms with Gasteiger partial charge < -0.3 is 11.1 Å². The lowest BCUT2D eigenvalue weighted by molar-refractivity contribution is -0.119. The van der Waals surface area contributed by atoms with Crippen LogP contribution in [0.25, 0.3) is 10.9 Å². The van der Waals surface area contributed by atoms with Crippen LogP contribution in [-0.2, 0) is 4.79 Å². The van der Waals surface area contributed by atoms with Crippen molar-refractivity contribution in [1.29, 1.82) is 0 Å². The topological polar surface area (TPSA) is 85.1 Å². The summed E-state index contributed by atoms with van der Waals surface area (Å²) >= 11 is 0. The van der Waals surface area contributed by atoms with Crippen molar-refractivity contribution in [2.75, 3.05) is 0 Å². The van der Waals surface area contributed by atoms with Crippen molar-refractivity contribution in [3.63, 3.8) is 0 Å². The van der Waals surface area contributed by atoms with E-state index in [1.807, 2.05) is 0 Å². The number of nitrogens with zero attached hydrogens (tertiary/aromatic N) is 1. The molecule has 0 spiro atoms. The zero-order valence-electron chi connectivity index (χ0n) is 10.2. The van der Waals surface area contributed by atoms with E-state index in [-0.39, 0.29) is 5.56 Å². The molecule has 0 saturated carbocycles. The van der Waals surface area contributed by atoms with Gasteiger partial charge in [-0.1, -0.05) is 6.07 Å². The highest BCUT2D eigenvalue weighted by Gasteiger charge is 2.17. The van der Waals surface area contributed by atoms with E-state index in [9.17, 15) is 14.0 Å². The predicted octanol–water partition coefficient (Wildman–Crippen LogP) is 0.977. The summed E-state index contributed by atoms with van der Waals surface area (Å²) < 4.78 is 13.5. The molecule has 0 unspecified atom stereocenters. The summed E-state index contributed by atoms with van der Waals surface area (Å²) in [5.74, 6) is -1.80. The predicted molar refractivity (Wildman–Crippen MR) is 67.8 cm³/mol. The fraction of sp³-hybridized carbons (Fsp3) is 0.154. The van der Waals surface area contributed by atoms with Crippen molar-refractivity contribution in [2.24, 2.45) is 5.73 Å². The van der Waals surface area contributed by atoms with E-state index in [0.717, 1.165) is 6.07 Å². The van der Waals surface area contributed by atoms with E-state index < -0.39 is 23.7 Å². The molecule has 0 bridgehead atoms. The summed E-state index contributed by atoms with van der Waals surface area (Å²) in [4.78, 5) is 27.0. The van der Waals surface area contributed by atoms with Gasteiger partial charge >= 0.3 is 0 Å². The highest BCUT2D eigenvalue weighted by atomic mass is 19.1. The standard InChI is InChI=1S/C13H12FN3O2/c1-7(12(15)18)17-13(19)10-6-9(14)5-8-3-2-4-16-11(8)10/h2-7H,1H3,(H2,15,18)(H,17,19)/t7-/m0/s1. The number of nitrogens with one attached hydrogen (secondary N) is 1. The Bertz CT molecular complexity index is 657. The number of benzene rings is 1. The molecule has 3 N–H and O–H groups in total. The minimum absolute atomic E-state index is 0.0729. The molecular formula is C13H12FN3O2. The quantitative estimate of drug-likeness (QED) is 0.863. The van der Waals surface area contributed by atoms with Crippen LogP contribution in [0.1, 0.15) is 17.3 Å². The normalized spacial score (nSPS) is 12.1. The number of rotatable bonds is 3. The number of fused-ring (bicyclic) bond motifs is 1. The van der Waals surface area contributed by atoms with Crippen LogP contribution < -0.4 is 11.1 Å². The first kappa shape index (κ1) is 12.9. The van der Waals surface area contributed by atoms with Gasteiger partial charge in [-0.2, -0.15) is 0 Å². The summed E-state index contributed by atoms with van der Waals surface area (Å²) in [6.07, 6.45) is 1.51. The maximum Gasteiger partial charge on any atom is 0.254 e. The highest BCUT2D eigenvalue weighted by molar-refractivity contribution is 6.06. The molecule has 0 aliphatic heterocycles. The van der Waals surface area contributed by atoms with Crippen LogP contribution in [-0.4, -0.2) is 22.8 Å². The number of hydrogen-bond acceptors (Lipinski definition) is 3. The monoisotopic (exact) mass is 261 g/mol. The van der Waals surface area contributed by atoms with Crippen molar-refractivity contribution >= 4 is 22.7 Å². The number of carbonyl (C=O) groups excluding carboxylic acids is 2. The van der Waals surface area contributed by atoms with E-state index in [4.69, 9.17) is 5.73 Å². The molecule has 2 amide bonds. The van der Waals surface area contributed by atoms with Crippen molar-refractivity contribution < 1.29 is 14.0 Å². The number of pyridine rings is 1. The van der Waals surface area contributed by atoms with Gasteiger partial charge in [-0.15, -0.1) is 0 Å². The van der Waals surface area contributed by atoms with Crippen LogP contribution in [0, 0.1) is 5.82 Å². The highest BCUT2D eigenvalue weighted by Crippen LogP contribution is 2.18. The summed E-state index contributed by atoms with van der Waals surface area (Å²) in [6.45, 7) is 1.45. The van der Waals surface area contributed by atoms with Gasteiger partial charge in [0.25, 0.3) is 5.91 Å². The average molecular weight is 261 g/mol. The fourth-order valence-electron chi connectivity index (χ4n) is 1.67. The third-order valence-electron chi connectivity index (χ3n) is 2.69. The van der Waals surface area contributed by atoms with Crippen LogP contribution in [0.2, 0.25) is 0 Å². The first-order valence-electron chi connectivity index (χ1n) is 5.63. The molecule has 19 heavy (non-hydrogen) atoms. The van der Waals surface area contributed by atoms with Crippen LogP contribution >= 0.6 is 0 Å². The fourth-order valence-corrected chi connectivity index (χ4v) is 1.67. The number of amides is 2. The molecule has 6 heteroatoms. The first-order valence-corrected chi connectivity index (χ1v) is 5.63. The van der Waals surface area contributed by atoms with E-state index in [2.05, 4.69) is 10.3 Å². The summed E-state index contributed by atoms with van der Waals surface area (Å²) in [5.41, 5.74) is 5.51. The third-order valence-corrected chi connectivity index (χ3v) is 2.69. The van der Waals surface area contributed by atoms with Crippen molar-refractivity contribution in [3.8, 4) is 0 Å². The van der Waals surface area contributed by atoms with Gasteiger partial charge in [0.15, 0.2) is 0 Å². The molecule has 0 radical (unpaired) electrons. The molecule has 0 aliphatic carbocycles. The number of aromatic nitrogens is 1. The van der Waals surface area contributed by atoms with Gasteiger partial charge in [-0.25, -0.2) is 4.39 Å². The molecule has 98 valence electrons. The van der Waals surface area contributed by atoms with Crippen LogP contribution in [0.4, 0.5) is 4.39 Å². The van der Waals surface area contributed by atoms with Gasteiger partial charge in [-0.3, -0.25) is 14.6 Å². The van der Waals surface area contributed by atoms with Gasteiger partial charge in [-0.05, 0) is 25.1 Å². The first-order chi connectivity index (χ1) is 8.99. The second kappa shape index (κ2) is 5.01. The second-order valence-electron chi connectivity index (χ2n) is 4.13. The Morgan fingerprint density at radius 3 is 2.84 bits per heavy atom. The Kier molecular flexibility index (Phi) is 3.41. The van der Waals surface area contributed by atoms with Gasteiger partial charge in [0.05, 0.1) is 11.1 Å². The average Bonchev–Trinajstić information content (AvgIpc) is 2.37. The summed E-state index contributed by atoms with van der Waals surface area (Å²) in [6, 6.07) is 4.83. The molecule has 0 aliphatic rings. The Morgan fingerprint density at radius 2 is 2.16 bits per heavy atom. The van der Waals surface area contributed by atoms with Crippen LogP contribution in [0.3, 0.4) is 0 Å². The summed E-state index contributed by atoms with van der Waals surface area (Å²) in [5, 5.41) is 2.91. The molecule has 1 atom stereocenters. The molecule has 2 rings (SSSR count). The lowest BCUT2D eigenvalue weighted by Crippen LogP contribution is -2.42. The Labute approximate surface area is 108 Å². The lowest BCUT2D eigenvalue weighted by atomic mass is 10.1. The zero-order valence-corrected chi connectivity index (χ0v) is 10.2. The Morgan fingerprint density at radius 1 is 1.42 bits per heavy atom. The largest absolute Gasteiger partial charge is 0.368 e. The number of hydrogen-bond donors (Lipinski definition) is 2. The van der Waals surface area contributed by atoms with Crippen LogP contribution in [0.15, 0.2) is 30.5 Å². The molecule has 1 aromatic heterocycles. The van der Waals surface area contributed by atoms with Gasteiger partial charge in [0.1, 0.15) is 11.9 Å². The smallest absolute Gasteiger partial charge is 0.254 e. The Hall–Kier alpha value is -2.50. The Balaban J connectivity index is 2.44. The van der Waals surface area contributed by atoms with Crippen molar-refractivity contribution in [2.45, 2.75) is 13.0 Å². The molecular weight excluding hydrogens is 249 g/mol. The van der Waals surface area contributed by atoms with Crippen LogP contribution in [0.5, 0.6) is 0 Å². The third kappa shape index (κ3) is 2.67. The maximum atomic E-state index is 13.5. The minimum atomic E-state index is -0.838. The van der Waals surface area contributed by atoms with E-state index in [1.54, 1.807) is 12.1 Å². The van der Waals surface area contributed by atoms with E-state index in [1.165, 1.54) is 19.2 Å². The number of halogens is 1. The van der Waals surface area contributed by atoms with Gasteiger partial charge in [0, 0.05) is 11.6 Å².